The van der Waals surface area contributed by atoms with Crippen LogP contribution in [0.4, 0.5) is 11.6 Å². The Morgan fingerprint density at radius 3 is 2.70 bits per heavy atom. The average Bonchev–Trinajstić information content (AvgIpc) is 3.32. The van der Waals surface area contributed by atoms with E-state index in [9.17, 15) is 4.79 Å². The Morgan fingerprint density at radius 2 is 1.92 bits per heavy atom. The first-order valence-corrected chi connectivity index (χ1v) is 12.4. The molecule has 1 aliphatic rings. The molecule has 1 aromatic heterocycles. The highest BCUT2D eigenvalue weighted by atomic mass is 35.5. The van der Waals surface area contributed by atoms with E-state index in [1.165, 1.54) is 0 Å². The van der Waals surface area contributed by atoms with Crippen LogP contribution < -0.4 is 15.4 Å². The Morgan fingerprint density at radius 1 is 1.08 bits per heavy atom. The summed E-state index contributed by atoms with van der Waals surface area (Å²) in [6.07, 6.45) is 0. The number of tetrazole rings is 1. The van der Waals surface area contributed by atoms with Gasteiger partial charge in [0.15, 0.2) is 0 Å². The fourth-order valence-corrected chi connectivity index (χ4v) is 4.80. The number of hydrogen-bond acceptors (Lipinski definition) is 6. The van der Waals surface area contributed by atoms with Gasteiger partial charge < -0.3 is 15.4 Å². The smallest absolute Gasteiger partial charge is 0.255 e. The Bertz CT molecular complexity index is 1530. The lowest BCUT2D eigenvalue weighted by atomic mass is 9.94. The summed E-state index contributed by atoms with van der Waals surface area (Å²) in [5.74, 6) is 0.815. The molecule has 5 rings (SSSR count). The van der Waals surface area contributed by atoms with Crippen molar-refractivity contribution in [2.75, 3.05) is 10.6 Å². The highest BCUT2D eigenvalue weighted by Gasteiger charge is 2.34. The summed E-state index contributed by atoms with van der Waals surface area (Å²) < 4.78 is 7.63. The van der Waals surface area contributed by atoms with Crippen molar-refractivity contribution in [2.45, 2.75) is 33.4 Å². The third-order valence-corrected chi connectivity index (χ3v) is 6.76. The first-order valence-electron chi connectivity index (χ1n) is 11.6. The minimum absolute atomic E-state index is 0.248. The molecule has 0 radical (unpaired) electrons. The maximum absolute atomic E-state index is 13.6. The number of rotatable bonds is 6. The van der Waals surface area contributed by atoms with Gasteiger partial charge in [0.2, 0.25) is 5.95 Å². The molecular formula is C27H24Cl2N6O2. The molecule has 1 aliphatic heterocycles. The van der Waals surface area contributed by atoms with Crippen molar-refractivity contribution in [3.63, 3.8) is 0 Å². The van der Waals surface area contributed by atoms with Crippen molar-refractivity contribution in [3.8, 4) is 5.75 Å². The minimum Gasteiger partial charge on any atom is -0.489 e. The maximum Gasteiger partial charge on any atom is 0.255 e. The highest BCUT2D eigenvalue weighted by molar-refractivity contribution is 6.35. The molecule has 1 unspecified atom stereocenters. The summed E-state index contributed by atoms with van der Waals surface area (Å²) in [6, 6.07) is 18.1. The van der Waals surface area contributed by atoms with Gasteiger partial charge in [-0.25, -0.2) is 0 Å². The summed E-state index contributed by atoms with van der Waals surface area (Å²) in [5, 5.41) is 19.3. The summed E-state index contributed by atoms with van der Waals surface area (Å²) in [7, 11) is 0. The molecule has 8 nitrogen and oxygen atoms in total. The maximum atomic E-state index is 13.6. The molecule has 0 aliphatic carbocycles. The van der Waals surface area contributed by atoms with Gasteiger partial charge >= 0.3 is 0 Å². The van der Waals surface area contributed by atoms with E-state index in [-0.39, 0.29) is 12.5 Å². The number of fused-ring (bicyclic) bond motifs is 1. The normalized spacial score (nSPS) is 14.7. The molecule has 4 aromatic rings. The fraction of sp³-hybridized carbons (Fsp3) is 0.185. The van der Waals surface area contributed by atoms with Crippen molar-refractivity contribution < 1.29 is 9.53 Å². The van der Waals surface area contributed by atoms with Crippen LogP contribution in [0, 0.1) is 13.8 Å². The van der Waals surface area contributed by atoms with Gasteiger partial charge in [0.25, 0.3) is 5.91 Å². The Balaban J connectivity index is 1.46. The SMILES string of the molecule is CC1=C(C(=O)Nc2ccc(C)cc2C)C(c2cccc(OCc3ccc(Cl)cc3Cl)c2)n2nnnc2N1. The van der Waals surface area contributed by atoms with Gasteiger partial charge in [-0.05, 0) is 72.7 Å². The number of ether oxygens (including phenoxy) is 1. The van der Waals surface area contributed by atoms with E-state index >= 15 is 0 Å². The largest absolute Gasteiger partial charge is 0.489 e. The standard InChI is InChI=1S/C27H24Cl2N6O2/c1-15-7-10-23(16(2)11-15)31-26(36)24-17(3)30-27-32-33-34-35(27)25(24)18-5-4-6-21(12-18)37-14-19-8-9-20(28)13-22(19)29/h4-13,25H,14H2,1-3H3,(H,31,36)(H,30,32,34). The average molecular weight is 535 g/mol. The molecule has 1 amide bonds. The molecule has 0 fully saturated rings. The number of hydrogen-bond donors (Lipinski definition) is 2. The van der Waals surface area contributed by atoms with Gasteiger partial charge in [0.1, 0.15) is 18.4 Å². The predicted octanol–water partition coefficient (Wildman–Crippen LogP) is 6.10. The van der Waals surface area contributed by atoms with Crippen molar-refractivity contribution in [3.05, 3.63) is 104 Å². The molecule has 2 heterocycles. The van der Waals surface area contributed by atoms with Crippen LogP contribution >= 0.6 is 23.2 Å². The fourth-order valence-electron chi connectivity index (χ4n) is 4.33. The number of nitrogens with one attached hydrogen (secondary N) is 2. The molecule has 2 N–H and O–H groups in total. The number of carbonyl (C=O) groups is 1. The molecule has 10 heteroatoms. The Hall–Kier alpha value is -3.88. The number of benzene rings is 3. The van der Waals surface area contributed by atoms with Crippen molar-refractivity contribution in [1.82, 2.24) is 20.2 Å². The van der Waals surface area contributed by atoms with Crippen LogP contribution in [0.2, 0.25) is 10.0 Å². The van der Waals surface area contributed by atoms with Gasteiger partial charge in [0.05, 0.1) is 5.57 Å². The van der Waals surface area contributed by atoms with Gasteiger partial charge in [-0.2, -0.15) is 4.68 Å². The number of nitrogens with zero attached hydrogens (tertiary/aromatic N) is 4. The zero-order valence-corrected chi connectivity index (χ0v) is 21.9. The molecule has 0 saturated carbocycles. The number of aryl methyl sites for hydroxylation is 2. The second kappa shape index (κ2) is 10.2. The van der Waals surface area contributed by atoms with Crippen LogP contribution in [0.15, 0.2) is 71.9 Å². The summed E-state index contributed by atoms with van der Waals surface area (Å²) in [6.45, 7) is 6.08. The van der Waals surface area contributed by atoms with Crippen LogP contribution in [-0.4, -0.2) is 26.1 Å². The second-order valence-corrected chi connectivity index (χ2v) is 9.73. The number of carbonyl (C=O) groups excluding carboxylic acids is 1. The van der Waals surface area contributed by atoms with Crippen molar-refractivity contribution in [2.24, 2.45) is 0 Å². The third-order valence-electron chi connectivity index (χ3n) is 6.17. The Labute approximate surface area is 224 Å². The van der Waals surface area contributed by atoms with E-state index in [1.54, 1.807) is 16.8 Å². The van der Waals surface area contributed by atoms with E-state index in [4.69, 9.17) is 27.9 Å². The quantitative estimate of drug-likeness (QED) is 0.310. The molecular weight excluding hydrogens is 511 g/mol. The van der Waals surface area contributed by atoms with Gasteiger partial charge in [0, 0.05) is 27.0 Å². The van der Waals surface area contributed by atoms with Gasteiger partial charge in [-0.15, -0.1) is 0 Å². The van der Waals surface area contributed by atoms with E-state index in [0.29, 0.717) is 33.0 Å². The Kier molecular flexibility index (Phi) is 6.86. The first kappa shape index (κ1) is 24.8. The van der Waals surface area contributed by atoms with Crippen LogP contribution in [-0.2, 0) is 11.4 Å². The van der Waals surface area contributed by atoms with Crippen molar-refractivity contribution in [1.29, 1.82) is 0 Å². The van der Waals surface area contributed by atoms with E-state index in [2.05, 4.69) is 26.2 Å². The lowest BCUT2D eigenvalue weighted by Gasteiger charge is -2.28. The lowest BCUT2D eigenvalue weighted by molar-refractivity contribution is -0.113. The summed E-state index contributed by atoms with van der Waals surface area (Å²) in [4.78, 5) is 13.6. The van der Waals surface area contributed by atoms with Crippen LogP contribution in [0.1, 0.15) is 35.2 Å². The minimum atomic E-state index is -0.570. The molecule has 0 saturated heterocycles. The molecule has 188 valence electrons. The van der Waals surface area contributed by atoms with Crippen LogP contribution in [0.3, 0.4) is 0 Å². The number of halogens is 2. The van der Waals surface area contributed by atoms with Crippen LogP contribution in [0.25, 0.3) is 0 Å². The zero-order valence-electron chi connectivity index (χ0n) is 20.4. The van der Waals surface area contributed by atoms with Gasteiger partial charge in [-0.3, -0.25) is 4.79 Å². The summed E-state index contributed by atoms with van der Waals surface area (Å²) >= 11 is 12.3. The number of aromatic nitrogens is 4. The molecule has 37 heavy (non-hydrogen) atoms. The summed E-state index contributed by atoms with van der Waals surface area (Å²) in [5.41, 5.74) is 5.61. The highest BCUT2D eigenvalue weighted by Crippen LogP contribution is 2.36. The lowest BCUT2D eigenvalue weighted by Crippen LogP contribution is -2.31. The van der Waals surface area contributed by atoms with Gasteiger partial charge in [-0.1, -0.05) is 64.2 Å². The molecule has 3 aromatic carbocycles. The topological polar surface area (TPSA) is 94.0 Å². The monoisotopic (exact) mass is 534 g/mol. The number of amides is 1. The van der Waals surface area contributed by atoms with Crippen molar-refractivity contribution >= 4 is 40.7 Å². The van der Waals surface area contributed by atoms with Crippen LogP contribution in [0.5, 0.6) is 5.75 Å². The molecule has 1 atom stereocenters. The zero-order chi connectivity index (χ0) is 26.1. The molecule has 0 bridgehead atoms. The predicted molar refractivity (Wildman–Crippen MR) is 144 cm³/mol. The van der Waals surface area contributed by atoms with E-state index in [0.717, 1.165) is 27.9 Å². The number of allylic oxidation sites excluding steroid dienone is 1. The number of anilines is 2. The van der Waals surface area contributed by atoms with E-state index < -0.39 is 6.04 Å². The first-order chi connectivity index (χ1) is 17.8. The molecule has 0 spiro atoms. The third kappa shape index (κ3) is 5.16. The second-order valence-electron chi connectivity index (χ2n) is 8.88. The van der Waals surface area contributed by atoms with E-state index in [1.807, 2.05) is 69.3 Å².